The Labute approximate surface area is 127 Å². The molecule has 21 heavy (non-hydrogen) atoms. The van der Waals surface area contributed by atoms with Crippen LogP contribution in [0, 0.1) is 0 Å². The molecule has 0 bridgehead atoms. The monoisotopic (exact) mass is 324 g/mol. The van der Waals surface area contributed by atoms with Crippen LogP contribution in [0.1, 0.15) is 12.8 Å². The summed E-state index contributed by atoms with van der Waals surface area (Å²) in [4.78, 5) is 0.202. The number of hydrogen-bond donors (Lipinski definition) is 2. The topological polar surface area (TPSA) is 82.9 Å². The van der Waals surface area contributed by atoms with Gasteiger partial charge in [-0.05, 0) is 31.5 Å². The van der Waals surface area contributed by atoms with Gasteiger partial charge in [0.05, 0.1) is 11.4 Å². The standard InChI is InChI=1S/C13H16N4O2S2/c18-21(19,15-9-6-10-4-7-14-8-5-10)12-3-1-2-11-13(12)17-20-16-11/h1-4,14-15H,5-9H2. The highest BCUT2D eigenvalue weighted by Gasteiger charge is 2.21. The quantitative estimate of drug-likeness (QED) is 0.825. The molecule has 2 heterocycles. The molecule has 2 aliphatic heterocycles. The second-order valence-corrected chi connectivity index (χ2v) is 7.12. The average molecular weight is 324 g/mol. The number of fused-ring (bicyclic) bond motifs is 1. The van der Waals surface area contributed by atoms with E-state index < -0.39 is 10.0 Å². The van der Waals surface area contributed by atoms with Gasteiger partial charge in [-0.2, -0.15) is 8.73 Å². The van der Waals surface area contributed by atoms with Gasteiger partial charge in [-0.25, -0.2) is 13.1 Å². The Hall–Kier alpha value is -1.35. The Balaban J connectivity index is 1.69. The Morgan fingerprint density at radius 3 is 3.05 bits per heavy atom. The molecule has 8 heteroatoms. The molecule has 2 aliphatic rings. The van der Waals surface area contributed by atoms with Crippen molar-refractivity contribution < 1.29 is 8.42 Å². The van der Waals surface area contributed by atoms with Gasteiger partial charge in [0, 0.05) is 13.1 Å². The summed E-state index contributed by atoms with van der Waals surface area (Å²) in [5.74, 6) is 0. The Kier molecular flexibility index (Phi) is 4.29. The van der Waals surface area contributed by atoms with E-state index in [0.717, 1.165) is 37.3 Å². The van der Waals surface area contributed by atoms with Gasteiger partial charge in [0.25, 0.3) is 0 Å². The van der Waals surface area contributed by atoms with Gasteiger partial charge < -0.3 is 5.32 Å². The van der Waals surface area contributed by atoms with Crippen LogP contribution in [0.3, 0.4) is 0 Å². The van der Waals surface area contributed by atoms with Gasteiger partial charge in [0.15, 0.2) is 0 Å². The number of nitrogens with one attached hydrogen (secondary N) is 2. The lowest BCUT2D eigenvalue weighted by atomic mass is 10.1. The van der Waals surface area contributed by atoms with E-state index in [9.17, 15) is 8.42 Å². The molecule has 0 radical (unpaired) electrons. The molecule has 0 saturated heterocycles. The normalized spacial score (nSPS) is 17.2. The Bertz CT molecular complexity index is 749. The summed E-state index contributed by atoms with van der Waals surface area (Å²) in [5.41, 5.74) is 2.35. The third-order valence-electron chi connectivity index (χ3n) is 3.43. The summed E-state index contributed by atoms with van der Waals surface area (Å²) < 4.78 is 35.6. The fourth-order valence-corrected chi connectivity index (χ4v) is 4.11. The number of benzene rings is 1. The second-order valence-electron chi connectivity index (χ2n) is 4.85. The summed E-state index contributed by atoms with van der Waals surface area (Å²) in [7, 11) is -3.55. The number of hydrogen-bond acceptors (Lipinski definition) is 5. The molecule has 1 aromatic rings. The molecule has 0 spiro atoms. The maximum atomic E-state index is 12.4. The number of rotatable bonds is 5. The maximum absolute atomic E-state index is 12.4. The van der Waals surface area contributed by atoms with E-state index in [-0.39, 0.29) is 4.90 Å². The molecule has 0 aliphatic carbocycles. The first-order valence-electron chi connectivity index (χ1n) is 6.76. The second kappa shape index (κ2) is 6.18. The van der Waals surface area contributed by atoms with Gasteiger partial charge in [0.1, 0.15) is 16.3 Å². The lowest BCUT2D eigenvalue weighted by molar-refractivity contribution is 0.580. The molecule has 0 atom stereocenters. The predicted molar refractivity (Wildman–Crippen MR) is 83.4 cm³/mol. The van der Waals surface area contributed by atoms with Crippen molar-refractivity contribution in [3.8, 4) is 0 Å². The molecule has 0 aromatic heterocycles. The summed E-state index contributed by atoms with van der Waals surface area (Å²) in [6.07, 6.45) is 3.85. The lowest BCUT2D eigenvalue weighted by Gasteiger charge is -2.14. The Morgan fingerprint density at radius 1 is 1.33 bits per heavy atom. The first-order chi connectivity index (χ1) is 10.2. The lowest BCUT2D eigenvalue weighted by Crippen LogP contribution is -2.27. The number of sulfonamides is 1. The molecule has 112 valence electrons. The van der Waals surface area contributed by atoms with E-state index in [2.05, 4.69) is 24.8 Å². The van der Waals surface area contributed by atoms with Crippen molar-refractivity contribution in [2.24, 2.45) is 8.73 Å². The molecule has 0 saturated carbocycles. The summed E-state index contributed by atoms with van der Waals surface area (Å²) in [5, 5.41) is 3.24. The highest BCUT2D eigenvalue weighted by Crippen LogP contribution is 2.37. The van der Waals surface area contributed by atoms with Crippen molar-refractivity contribution in [1.82, 2.24) is 10.0 Å². The van der Waals surface area contributed by atoms with Crippen LogP contribution in [0.4, 0.5) is 11.4 Å². The van der Waals surface area contributed by atoms with Crippen molar-refractivity contribution in [2.45, 2.75) is 17.7 Å². The zero-order chi connectivity index (χ0) is 14.7. The highest BCUT2D eigenvalue weighted by atomic mass is 32.2. The van der Waals surface area contributed by atoms with Crippen LogP contribution >= 0.6 is 0 Å². The fraction of sp³-hybridized carbons (Fsp3) is 0.385. The van der Waals surface area contributed by atoms with Crippen LogP contribution < -0.4 is 10.0 Å². The fourth-order valence-electron chi connectivity index (χ4n) is 2.32. The van der Waals surface area contributed by atoms with E-state index >= 15 is 0 Å². The van der Waals surface area contributed by atoms with E-state index in [4.69, 9.17) is 0 Å². The van der Waals surface area contributed by atoms with Crippen molar-refractivity contribution in [3.63, 3.8) is 0 Å². The van der Waals surface area contributed by atoms with Crippen molar-refractivity contribution in [3.05, 3.63) is 29.8 Å². The summed E-state index contributed by atoms with van der Waals surface area (Å²) in [6.45, 7) is 2.23. The van der Waals surface area contributed by atoms with Gasteiger partial charge in [-0.1, -0.05) is 17.7 Å². The van der Waals surface area contributed by atoms with Gasteiger partial charge in [0.2, 0.25) is 10.0 Å². The smallest absolute Gasteiger partial charge is 0.242 e. The van der Waals surface area contributed by atoms with Crippen molar-refractivity contribution >= 4 is 32.8 Å². The SMILES string of the molecule is O=S(=O)(NCCC1=CCNCC1)c1cccc2c1N=S=N2. The summed E-state index contributed by atoms with van der Waals surface area (Å²) in [6, 6.07) is 5.02. The third kappa shape index (κ3) is 3.29. The molecular weight excluding hydrogens is 308 g/mol. The first-order valence-corrected chi connectivity index (χ1v) is 8.98. The predicted octanol–water partition coefficient (Wildman–Crippen LogP) is 2.00. The molecule has 0 fully saturated rings. The van der Waals surface area contributed by atoms with Crippen LogP contribution in [0.15, 0.2) is 43.5 Å². The van der Waals surface area contributed by atoms with Crippen LogP contribution in [0.5, 0.6) is 0 Å². The van der Waals surface area contributed by atoms with Crippen LogP contribution in [0.25, 0.3) is 0 Å². The largest absolute Gasteiger partial charge is 0.313 e. The third-order valence-corrected chi connectivity index (χ3v) is 5.47. The minimum Gasteiger partial charge on any atom is -0.313 e. The maximum Gasteiger partial charge on any atom is 0.242 e. The molecule has 0 amide bonds. The minimum absolute atomic E-state index is 0.202. The molecular formula is C13H16N4O2S2. The molecule has 3 rings (SSSR count). The van der Waals surface area contributed by atoms with Crippen molar-refractivity contribution in [1.29, 1.82) is 0 Å². The summed E-state index contributed by atoms with van der Waals surface area (Å²) >= 11 is 1.02. The minimum atomic E-state index is -3.55. The number of nitrogens with zero attached hydrogens (tertiary/aromatic N) is 2. The molecule has 1 aromatic carbocycles. The van der Waals surface area contributed by atoms with E-state index in [0.29, 0.717) is 17.9 Å². The van der Waals surface area contributed by atoms with E-state index in [1.807, 2.05) is 0 Å². The van der Waals surface area contributed by atoms with Crippen LogP contribution in [-0.2, 0) is 21.4 Å². The van der Waals surface area contributed by atoms with Gasteiger partial charge in [-0.3, -0.25) is 0 Å². The van der Waals surface area contributed by atoms with Gasteiger partial charge in [-0.15, -0.1) is 0 Å². The van der Waals surface area contributed by atoms with E-state index in [1.165, 1.54) is 5.57 Å². The zero-order valence-corrected chi connectivity index (χ0v) is 13.0. The first kappa shape index (κ1) is 14.6. The van der Waals surface area contributed by atoms with Crippen molar-refractivity contribution in [2.75, 3.05) is 19.6 Å². The molecule has 0 unspecified atom stereocenters. The molecule has 6 nitrogen and oxygen atoms in total. The highest BCUT2D eigenvalue weighted by molar-refractivity contribution is 7.89. The average Bonchev–Trinajstić information content (AvgIpc) is 2.96. The van der Waals surface area contributed by atoms with Crippen LogP contribution in [0.2, 0.25) is 0 Å². The Morgan fingerprint density at radius 2 is 2.24 bits per heavy atom. The van der Waals surface area contributed by atoms with Crippen LogP contribution in [-0.4, -0.2) is 28.1 Å². The van der Waals surface area contributed by atoms with E-state index in [1.54, 1.807) is 18.2 Å². The van der Waals surface area contributed by atoms with Gasteiger partial charge >= 0.3 is 0 Å². The molecule has 2 N–H and O–H groups in total. The zero-order valence-electron chi connectivity index (χ0n) is 11.4.